The van der Waals surface area contributed by atoms with Crippen molar-refractivity contribution in [2.45, 2.75) is 13.5 Å². The molecule has 4 nitrogen and oxygen atoms in total. The van der Waals surface area contributed by atoms with Crippen LogP contribution in [0.2, 0.25) is 0 Å². The van der Waals surface area contributed by atoms with E-state index in [0.717, 1.165) is 30.0 Å². The topological polar surface area (TPSA) is 42.7 Å². The van der Waals surface area contributed by atoms with E-state index in [-0.39, 0.29) is 0 Å². The van der Waals surface area contributed by atoms with Gasteiger partial charge in [0.1, 0.15) is 0 Å². The first-order valence-corrected chi connectivity index (χ1v) is 6.83. The van der Waals surface area contributed by atoms with Gasteiger partial charge in [-0.15, -0.1) is 11.3 Å². The maximum absolute atomic E-state index is 4.55. The van der Waals surface area contributed by atoms with Crippen LogP contribution >= 0.6 is 11.3 Å². The maximum atomic E-state index is 4.55. The number of hydrogen-bond acceptors (Lipinski definition) is 4. The second kappa shape index (κ2) is 4.88. The standard InChI is InChI=1S/C13H14N4S/c1-2-14-8-10-5-6-17(16-10)11-3-4-12-13(7-11)18-9-15-12/h3-7,9,14H,2,8H2,1H3. The number of nitrogens with zero attached hydrogens (tertiary/aromatic N) is 3. The lowest BCUT2D eigenvalue weighted by Crippen LogP contribution is -2.12. The molecule has 92 valence electrons. The molecule has 0 saturated carbocycles. The van der Waals surface area contributed by atoms with Gasteiger partial charge >= 0.3 is 0 Å². The molecule has 1 aromatic carbocycles. The van der Waals surface area contributed by atoms with Gasteiger partial charge in [-0.2, -0.15) is 5.10 Å². The second-order valence-corrected chi connectivity index (χ2v) is 4.92. The van der Waals surface area contributed by atoms with Crippen LogP contribution in [0.5, 0.6) is 0 Å². The maximum Gasteiger partial charge on any atom is 0.0813 e. The Labute approximate surface area is 109 Å². The van der Waals surface area contributed by atoms with Gasteiger partial charge in [0, 0.05) is 12.7 Å². The molecule has 2 heterocycles. The van der Waals surface area contributed by atoms with Gasteiger partial charge in [0.05, 0.1) is 27.1 Å². The van der Waals surface area contributed by atoms with Gasteiger partial charge in [0.2, 0.25) is 0 Å². The Balaban J connectivity index is 1.90. The first kappa shape index (κ1) is 11.4. The number of aromatic nitrogens is 3. The second-order valence-electron chi connectivity index (χ2n) is 4.04. The van der Waals surface area contributed by atoms with Crippen molar-refractivity contribution in [2.24, 2.45) is 0 Å². The van der Waals surface area contributed by atoms with Gasteiger partial charge in [-0.25, -0.2) is 9.67 Å². The summed E-state index contributed by atoms with van der Waals surface area (Å²) < 4.78 is 3.10. The van der Waals surface area contributed by atoms with Crippen LogP contribution in [0, 0.1) is 0 Å². The zero-order valence-electron chi connectivity index (χ0n) is 10.1. The number of fused-ring (bicyclic) bond motifs is 1. The summed E-state index contributed by atoms with van der Waals surface area (Å²) in [7, 11) is 0. The third-order valence-electron chi connectivity index (χ3n) is 2.78. The van der Waals surface area contributed by atoms with Crippen molar-refractivity contribution in [3.63, 3.8) is 0 Å². The van der Waals surface area contributed by atoms with E-state index in [1.165, 1.54) is 4.70 Å². The molecule has 3 aromatic rings. The number of benzene rings is 1. The average molecular weight is 258 g/mol. The van der Waals surface area contributed by atoms with E-state index < -0.39 is 0 Å². The first-order valence-electron chi connectivity index (χ1n) is 5.95. The Morgan fingerprint density at radius 2 is 2.28 bits per heavy atom. The summed E-state index contributed by atoms with van der Waals surface area (Å²) in [6.45, 7) is 3.86. The van der Waals surface area contributed by atoms with E-state index in [1.54, 1.807) is 11.3 Å². The summed E-state index contributed by atoms with van der Waals surface area (Å²) in [6.07, 6.45) is 1.99. The molecule has 3 rings (SSSR count). The molecule has 2 aromatic heterocycles. The minimum Gasteiger partial charge on any atom is -0.311 e. The van der Waals surface area contributed by atoms with Crippen LogP contribution in [0.3, 0.4) is 0 Å². The Morgan fingerprint density at radius 3 is 3.17 bits per heavy atom. The third-order valence-corrected chi connectivity index (χ3v) is 3.57. The molecule has 0 spiro atoms. The average Bonchev–Trinajstić information content (AvgIpc) is 3.04. The summed E-state index contributed by atoms with van der Waals surface area (Å²) in [5, 5.41) is 7.82. The SMILES string of the molecule is CCNCc1ccn(-c2ccc3ncsc3c2)n1. The lowest BCUT2D eigenvalue weighted by molar-refractivity contribution is 0.697. The van der Waals surface area contributed by atoms with Crippen molar-refractivity contribution in [1.29, 1.82) is 0 Å². The van der Waals surface area contributed by atoms with Crippen molar-refractivity contribution >= 4 is 21.6 Å². The van der Waals surface area contributed by atoms with Crippen LogP contribution in [-0.4, -0.2) is 21.3 Å². The summed E-state index contributed by atoms with van der Waals surface area (Å²) in [5.41, 5.74) is 5.05. The van der Waals surface area contributed by atoms with E-state index in [2.05, 4.69) is 28.4 Å². The predicted molar refractivity (Wildman–Crippen MR) is 74.1 cm³/mol. The van der Waals surface area contributed by atoms with Crippen molar-refractivity contribution < 1.29 is 0 Å². The number of hydrogen-bond donors (Lipinski definition) is 1. The Morgan fingerprint density at radius 1 is 1.33 bits per heavy atom. The third kappa shape index (κ3) is 2.14. The van der Waals surface area contributed by atoms with Crippen LogP contribution in [0.25, 0.3) is 15.9 Å². The highest BCUT2D eigenvalue weighted by Crippen LogP contribution is 2.20. The summed E-state index contributed by atoms with van der Waals surface area (Å²) in [6, 6.07) is 8.25. The summed E-state index contributed by atoms with van der Waals surface area (Å²) in [5.74, 6) is 0. The van der Waals surface area contributed by atoms with Crippen LogP contribution in [0.1, 0.15) is 12.6 Å². The van der Waals surface area contributed by atoms with E-state index in [0.29, 0.717) is 0 Å². The quantitative estimate of drug-likeness (QED) is 0.782. The highest BCUT2D eigenvalue weighted by Gasteiger charge is 2.03. The number of rotatable bonds is 4. The minimum atomic E-state index is 0.812. The van der Waals surface area contributed by atoms with Crippen LogP contribution in [0.4, 0.5) is 0 Å². The predicted octanol–water partition coefficient (Wildman–Crippen LogP) is 2.59. The zero-order valence-corrected chi connectivity index (χ0v) is 10.9. The molecule has 0 bridgehead atoms. The molecule has 0 amide bonds. The van der Waals surface area contributed by atoms with Gasteiger partial charge in [0.25, 0.3) is 0 Å². The van der Waals surface area contributed by atoms with E-state index >= 15 is 0 Å². The van der Waals surface area contributed by atoms with Gasteiger partial charge in [-0.1, -0.05) is 6.92 Å². The zero-order chi connectivity index (χ0) is 12.4. The largest absolute Gasteiger partial charge is 0.311 e. The van der Waals surface area contributed by atoms with Crippen molar-refractivity contribution in [1.82, 2.24) is 20.1 Å². The Kier molecular flexibility index (Phi) is 3.08. The molecule has 1 N–H and O–H groups in total. The van der Waals surface area contributed by atoms with Crippen molar-refractivity contribution in [3.05, 3.63) is 41.7 Å². The van der Waals surface area contributed by atoms with Crippen LogP contribution in [-0.2, 0) is 6.54 Å². The highest BCUT2D eigenvalue weighted by molar-refractivity contribution is 7.16. The normalized spacial score (nSPS) is 11.2. The minimum absolute atomic E-state index is 0.812. The first-order chi connectivity index (χ1) is 8.86. The van der Waals surface area contributed by atoms with Gasteiger partial charge in [-0.05, 0) is 30.8 Å². The fourth-order valence-corrected chi connectivity index (χ4v) is 2.55. The molecule has 0 aliphatic rings. The molecular weight excluding hydrogens is 244 g/mol. The fourth-order valence-electron chi connectivity index (χ4n) is 1.84. The van der Waals surface area contributed by atoms with Gasteiger partial charge in [0.15, 0.2) is 0 Å². The summed E-state index contributed by atoms with van der Waals surface area (Å²) >= 11 is 1.65. The molecule has 5 heteroatoms. The molecular formula is C13H14N4S. The Bertz CT molecular complexity index is 656. The molecule has 0 radical (unpaired) electrons. The molecule has 0 aliphatic heterocycles. The molecule has 18 heavy (non-hydrogen) atoms. The highest BCUT2D eigenvalue weighted by atomic mass is 32.1. The molecule has 0 fully saturated rings. The monoisotopic (exact) mass is 258 g/mol. The van der Waals surface area contributed by atoms with Crippen molar-refractivity contribution in [2.75, 3.05) is 6.54 Å². The molecule has 0 unspecified atom stereocenters. The molecule has 0 aliphatic carbocycles. The molecule has 0 saturated heterocycles. The van der Waals surface area contributed by atoms with Gasteiger partial charge in [-0.3, -0.25) is 0 Å². The lowest BCUT2D eigenvalue weighted by atomic mass is 10.3. The van der Waals surface area contributed by atoms with Gasteiger partial charge < -0.3 is 5.32 Å². The van der Waals surface area contributed by atoms with Crippen LogP contribution < -0.4 is 5.32 Å². The fraction of sp³-hybridized carbons (Fsp3) is 0.231. The molecule has 0 atom stereocenters. The Hall–Kier alpha value is -1.72. The van der Waals surface area contributed by atoms with E-state index in [4.69, 9.17) is 0 Å². The smallest absolute Gasteiger partial charge is 0.0813 e. The lowest BCUT2D eigenvalue weighted by Gasteiger charge is -2.01. The number of nitrogens with one attached hydrogen (secondary N) is 1. The van der Waals surface area contributed by atoms with E-state index in [9.17, 15) is 0 Å². The van der Waals surface area contributed by atoms with Crippen molar-refractivity contribution in [3.8, 4) is 5.69 Å². The number of thiazole rings is 1. The van der Waals surface area contributed by atoms with Crippen LogP contribution in [0.15, 0.2) is 36.0 Å². The van der Waals surface area contributed by atoms with E-state index in [1.807, 2.05) is 34.6 Å². The summed E-state index contributed by atoms with van der Waals surface area (Å²) in [4.78, 5) is 4.28.